The van der Waals surface area contributed by atoms with Crippen molar-refractivity contribution in [3.05, 3.63) is 35.0 Å². The molecule has 19 heavy (non-hydrogen) atoms. The van der Waals surface area contributed by atoms with Crippen LogP contribution < -0.4 is 5.32 Å². The van der Waals surface area contributed by atoms with Gasteiger partial charge in [0.15, 0.2) is 0 Å². The highest BCUT2D eigenvalue weighted by molar-refractivity contribution is 7.20. The summed E-state index contributed by atoms with van der Waals surface area (Å²) in [7, 11) is 0. The third-order valence-corrected chi connectivity index (χ3v) is 3.77. The molecule has 0 aliphatic rings. The average molecular weight is 283 g/mol. The molecule has 0 saturated carbocycles. The summed E-state index contributed by atoms with van der Waals surface area (Å²) in [5, 5.41) is 21.8. The molecule has 1 atom stereocenters. The number of hydrogen-bond acceptors (Lipinski definition) is 4. The molecule has 0 fully saturated rings. The van der Waals surface area contributed by atoms with Gasteiger partial charge in [-0.25, -0.2) is 4.39 Å². The lowest BCUT2D eigenvalue weighted by molar-refractivity contribution is 0.00323. The Morgan fingerprint density at radius 3 is 2.89 bits per heavy atom. The van der Waals surface area contributed by atoms with Crippen LogP contribution in [0.15, 0.2) is 24.3 Å². The number of benzene rings is 1. The molecule has 1 aromatic carbocycles. The van der Waals surface area contributed by atoms with Crippen molar-refractivity contribution in [3.63, 3.8) is 0 Å². The van der Waals surface area contributed by atoms with Crippen molar-refractivity contribution in [1.82, 2.24) is 5.32 Å². The van der Waals surface area contributed by atoms with Crippen LogP contribution >= 0.6 is 11.3 Å². The van der Waals surface area contributed by atoms with E-state index in [0.717, 1.165) is 5.39 Å². The Morgan fingerprint density at radius 1 is 1.47 bits per heavy atom. The van der Waals surface area contributed by atoms with E-state index >= 15 is 0 Å². The zero-order valence-corrected chi connectivity index (χ0v) is 11.1. The van der Waals surface area contributed by atoms with Crippen LogP contribution in [0.25, 0.3) is 10.1 Å². The molecule has 1 heterocycles. The summed E-state index contributed by atoms with van der Waals surface area (Å²) in [5.41, 5.74) is -1.35. The van der Waals surface area contributed by atoms with E-state index in [9.17, 15) is 14.3 Å². The van der Waals surface area contributed by atoms with Gasteiger partial charge in [0, 0.05) is 11.2 Å². The molecule has 0 bridgehead atoms. The number of rotatable bonds is 4. The SMILES string of the molecule is CC(O)(CO)CNC(=O)c1cc2ccc(F)cc2s1. The molecule has 6 heteroatoms. The lowest BCUT2D eigenvalue weighted by atomic mass is 10.1. The average Bonchev–Trinajstić information content (AvgIpc) is 2.79. The van der Waals surface area contributed by atoms with Crippen molar-refractivity contribution in [1.29, 1.82) is 0 Å². The minimum atomic E-state index is -1.35. The predicted molar refractivity (Wildman–Crippen MR) is 71.8 cm³/mol. The standard InChI is InChI=1S/C13H14FNO3S/c1-13(18,7-16)6-15-12(17)11-4-8-2-3-9(14)5-10(8)19-11/h2-5,16,18H,6-7H2,1H3,(H,15,17). The van der Waals surface area contributed by atoms with E-state index in [1.807, 2.05) is 0 Å². The number of carbonyl (C=O) groups is 1. The number of carbonyl (C=O) groups excluding carboxylic acids is 1. The summed E-state index contributed by atoms with van der Waals surface area (Å²) in [4.78, 5) is 12.3. The molecule has 2 aromatic rings. The van der Waals surface area contributed by atoms with Crippen molar-refractivity contribution in [2.24, 2.45) is 0 Å². The van der Waals surface area contributed by atoms with E-state index < -0.39 is 12.2 Å². The maximum Gasteiger partial charge on any atom is 0.261 e. The van der Waals surface area contributed by atoms with Crippen LogP contribution in [0.1, 0.15) is 16.6 Å². The van der Waals surface area contributed by atoms with Gasteiger partial charge in [0.1, 0.15) is 11.4 Å². The summed E-state index contributed by atoms with van der Waals surface area (Å²) in [6.45, 7) is 0.934. The number of fused-ring (bicyclic) bond motifs is 1. The van der Waals surface area contributed by atoms with Crippen molar-refractivity contribution < 1.29 is 19.4 Å². The first-order valence-corrected chi connectivity index (χ1v) is 6.53. The molecular formula is C13H14FNO3S. The molecule has 0 saturated heterocycles. The van der Waals surface area contributed by atoms with E-state index in [-0.39, 0.29) is 18.3 Å². The van der Waals surface area contributed by atoms with Gasteiger partial charge < -0.3 is 15.5 Å². The van der Waals surface area contributed by atoms with Crippen molar-refractivity contribution in [2.75, 3.05) is 13.2 Å². The summed E-state index contributed by atoms with van der Waals surface area (Å²) in [5.74, 6) is -0.695. The lowest BCUT2D eigenvalue weighted by Gasteiger charge is -2.20. The third kappa shape index (κ3) is 3.28. The molecule has 0 spiro atoms. The van der Waals surface area contributed by atoms with Gasteiger partial charge in [0.2, 0.25) is 0 Å². The fourth-order valence-electron chi connectivity index (χ4n) is 1.53. The highest BCUT2D eigenvalue weighted by atomic mass is 32.1. The van der Waals surface area contributed by atoms with Crippen LogP contribution in [-0.4, -0.2) is 34.9 Å². The summed E-state index contributed by atoms with van der Waals surface area (Å²) < 4.78 is 13.7. The van der Waals surface area contributed by atoms with Gasteiger partial charge in [0.05, 0.1) is 11.5 Å². The molecule has 4 nitrogen and oxygen atoms in total. The van der Waals surface area contributed by atoms with Gasteiger partial charge in [0.25, 0.3) is 5.91 Å². The lowest BCUT2D eigenvalue weighted by Crippen LogP contribution is -2.43. The Morgan fingerprint density at radius 2 is 2.21 bits per heavy atom. The first-order chi connectivity index (χ1) is 8.91. The van der Waals surface area contributed by atoms with Crippen LogP contribution in [0, 0.1) is 5.82 Å². The van der Waals surface area contributed by atoms with E-state index in [0.29, 0.717) is 9.58 Å². The van der Waals surface area contributed by atoms with E-state index in [2.05, 4.69) is 5.32 Å². The summed E-state index contributed by atoms with van der Waals surface area (Å²) in [6, 6.07) is 6.00. The van der Waals surface area contributed by atoms with Crippen LogP contribution in [0.2, 0.25) is 0 Å². The predicted octanol–water partition coefficient (Wildman–Crippen LogP) is 1.51. The molecule has 102 valence electrons. The van der Waals surface area contributed by atoms with E-state index in [1.54, 1.807) is 12.1 Å². The van der Waals surface area contributed by atoms with Crippen LogP contribution in [0.4, 0.5) is 4.39 Å². The van der Waals surface area contributed by atoms with Gasteiger partial charge >= 0.3 is 0 Å². The number of hydrogen-bond donors (Lipinski definition) is 3. The Balaban J connectivity index is 2.13. The van der Waals surface area contributed by atoms with Gasteiger partial charge in [-0.3, -0.25) is 4.79 Å². The number of aliphatic hydroxyl groups excluding tert-OH is 1. The van der Waals surface area contributed by atoms with Crippen molar-refractivity contribution in [3.8, 4) is 0 Å². The fourth-order valence-corrected chi connectivity index (χ4v) is 2.53. The molecular weight excluding hydrogens is 269 g/mol. The second kappa shape index (κ2) is 5.24. The zero-order valence-electron chi connectivity index (χ0n) is 10.3. The minimum Gasteiger partial charge on any atom is -0.393 e. The van der Waals surface area contributed by atoms with Crippen molar-refractivity contribution >= 4 is 27.3 Å². The Kier molecular flexibility index (Phi) is 3.84. The first-order valence-electron chi connectivity index (χ1n) is 5.72. The van der Waals surface area contributed by atoms with Crippen LogP contribution in [0.5, 0.6) is 0 Å². The normalized spacial score (nSPS) is 14.3. The Bertz CT molecular complexity index is 609. The molecule has 0 radical (unpaired) electrons. The number of aliphatic hydroxyl groups is 2. The number of nitrogens with one attached hydrogen (secondary N) is 1. The smallest absolute Gasteiger partial charge is 0.261 e. The third-order valence-electron chi connectivity index (χ3n) is 2.68. The minimum absolute atomic E-state index is 0.0507. The van der Waals surface area contributed by atoms with Gasteiger partial charge in [-0.2, -0.15) is 0 Å². The van der Waals surface area contributed by atoms with E-state index in [1.165, 1.54) is 30.4 Å². The number of halogens is 1. The summed E-state index contributed by atoms with van der Waals surface area (Å²) >= 11 is 1.18. The van der Waals surface area contributed by atoms with Gasteiger partial charge in [-0.1, -0.05) is 6.07 Å². The molecule has 1 unspecified atom stereocenters. The van der Waals surface area contributed by atoms with E-state index in [4.69, 9.17) is 5.11 Å². The van der Waals surface area contributed by atoms with Crippen LogP contribution in [-0.2, 0) is 0 Å². The molecule has 0 aliphatic heterocycles. The monoisotopic (exact) mass is 283 g/mol. The first kappa shape index (κ1) is 13.9. The molecule has 3 N–H and O–H groups in total. The summed E-state index contributed by atoms with van der Waals surface area (Å²) in [6.07, 6.45) is 0. The molecule has 2 rings (SSSR count). The quantitative estimate of drug-likeness (QED) is 0.796. The Hall–Kier alpha value is -1.50. The van der Waals surface area contributed by atoms with Gasteiger partial charge in [-0.05, 0) is 30.5 Å². The van der Waals surface area contributed by atoms with Crippen LogP contribution in [0.3, 0.4) is 0 Å². The van der Waals surface area contributed by atoms with Gasteiger partial charge in [-0.15, -0.1) is 11.3 Å². The maximum atomic E-state index is 13.0. The molecule has 1 amide bonds. The second-order valence-corrected chi connectivity index (χ2v) is 5.71. The number of amides is 1. The maximum absolute atomic E-state index is 13.0. The number of thiophene rings is 1. The topological polar surface area (TPSA) is 69.6 Å². The second-order valence-electron chi connectivity index (χ2n) is 4.63. The highest BCUT2D eigenvalue weighted by Gasteiger charge is 2.20. The highest BCUT2D eigenvalue weighted by Crippen LogP contribution is 2.26. The Labute approximate surface area is 113 Å². The zero-order chi connectivity index (χ0) is 14.0. The molecule has 1 aromatic heterocycles. The molecule has 0 aliphatic carbocycles. The van der Waals surface area contributed by atoms with Crippen molar-refractivity contribution in [2.45, 2.75) is 12.5 Å². The largest absolute Gasteiger partial charge is 0.393 e. The fraction of sp³-hybridized carbons (Fsp3) is 0.308.